The SMILES string of the molecule is CCOC(=O)C1(NCCN(CC)CC)CCCS(=O)(=O)C1. The Labute approximate surface area is 128 Å². The summed E-state index contributed by atoms with van der Waals surface area (Å²) in [6, 6.07) is 0. The van der Waals surface area contributed by atoms with Gasteiger partial charge in [-0.25, -0.2) is 8.42 Å². The van der Waals surface area contributed by atoms with Crippen molar-refractivity contribution < 1.29 is 17.9 Å². The van der Waals surface area contributed by atoms with Crippen molar-refractivity contribution >= 4 is 15.8 Å². The van der Waals surface area contributed by atoms with Gasteiger partial charge in [0.2, 0.25) is 0 Å². The molecule has 0 aromatic rings. The molecule has 1 aliphatic heterocycles. The minimum absolute atomic E-state index is 0.156. The second-order valence-electron chi connectivity index (χ2n) is 5.45. The lowest BCUT2D eigenvalue weighted by Gasteiger charge is -2.36. The summed E-state index contributed by atoms with van der Waals surface area (Å²) in [7, 11) is -3.19. The van der Waals surface area contributed by atoms with E-state index in [1.807, 2.05) is 0 Å². The van der Waals surface area contributed by atoms with E-state index in [2.05, 4.69) is 24.1 Å². The first kappa shape index (κ1) is 18.4. The van der Waals surface area contributed by atoms with Crippen molar-refractivity contribution in [3.8, 4) is 0 Å². The normalized spacial score (nSPS) is 25.0. The summed E-state index contributed by atoms with van der Waals surface area (Å²) in [5.74, 6) is -0.434. The van der Waals surface area contributed by atoms with Crippen LogP contribution >= 0.6 is 0 Å². The van der Waals surface area contributed by atoms with Crippen LogP contribution in [-0.2, 0) is 19.4 Å². The Morgan fingerprint density at radius 1 is 1.29 bits per heavy atom. The molecule has 0 aromatic carbocycles. The highest BCUT2D eigenvalue weighted by molar-refractivity contribution is 7.91. The van der Waals surface area contributed by atoms with Crippen molar-refractivity contribution in [1.82, 2.24) is 10.2 Å². The third-order valence-electron chi connectivity index (χ3n) is 3.98. The maximum atomic E-state index is 12.3. The number of carbonyl (C=O) groups is 1. The van der Waals surface area contributed by atoms with Gasteiger partial charge in [0.05, 0.1) is 18.1 Å². The van der Waals surface area contributed by atoms with E-state index in [0.29, 0.717) is 19.4 Å². The summed E-state index contributed by atoms with van der Waals surface area (Å²) in [6.45, 7) is 9.39. The summed E-state index contributed by atoms with van der Waals surface area (Å²) >= 11 is 0. The van der Waals surface area contributed by atoms with Gasteiger partial charge < -0.3 is 9.64 Å². The number of esters is 1. The summed E-state index contributed by atoms with van der Waals surface area (Å²) in [5, 5.41) is 3.18. The topological polar surface area (TPSA) is 75.7 Å². The summed E-state index contributed by atoms with van der Waals surface area (Å²) < 4.78 is 29.0. The van der Waals surface area contributed by atoms with E-state index in [1.54, 1.807) is 6.92 Å². The third kappa shape index (κ3) is 5.23. The molecule has 1 saturated heterocycles. The molecule has 0 spiro atoms. The maximum absolute atomic E-state index is 12.3. The van der Waals surface area contributed by atoms with Crippen molar-refractivity contribution in [3.05, 3.63) is 0 Å². The summed E-state index contributed by atoms with van der Waals surface area (Å²) in [4.78, 5) is 14.5. The number of nitrogens with zero attached hydrogens (tertiary/aromatic N) is 1. The van der Waals surface area contributed by atoms with E-state index in [4.69, 9.17) is 4.74 Å². The van der Waals surface area contributed by atoms with E-state index in [0.717, 1.165) is 19.6 Å². The number of likely N-dealkylation sites (N-methyl/N-ethyl adjacent to an activating group) is 1. The molecular formula is C14H28N2O4S. The number of nitrogens with one attached hydrogen (secondary N) is 1. The highest BCUT2D eigenvalue weighted by Gasteiger charge is 2.46. The van der Waals surface area contributed by atoms with Crippen LogP contribution in [0.4, 0.5) is 0 Å². The second-order valence-corrected chi connectivity index (χ2v) is 7.64. The van der Waals surface area contributed by atoms with Gasteiger partial charge in [-0.3, -0.25) is 10.1 Å². The van der Waals surface area contributed by atoms with Crippen LogP contribution < -0.4 is 5.32 Å². The smallest absolute Gasteiger partial charge is 0.327 e. The molecule has 1 atom stereocenters. The van der Waals surface area contributed by atoms with Gasteiger partial charge in [0.25, 0.3) is 0 Å². The maximum Gasteiger partial charge on any atom is 0.327 e. The Hall–Kier alpha value is -0.660. The molecule has 1 N–H and O–H groups in total. The van der Waals surface area contributed by atoms with Gasteiger partial charge in [0, 0.05) is 13.1 Å². The first-order valence-corrected chi connectivity index (χ1v) is 9.56. The molecule has 1 unspecified atom stereocenters. The molecular weight excluding hydrogens is 292 g/mol. The molecule has 6 nitrogen and oxygen atoms in total. The first-order valence-electron chi connectivity index (χ1n) is 7.74. The van der Waals surface area contributed by atoms with Gasteiger partial charge in [0.1, 0.15) is 5.54 Å². The Balaban J connectivity index is 2.76. The number of hydrogen-bond donors (Lipinski definition) is 1. The molecule has 0 amide bonds. The fourth-order valence-corrected chi connectivity index (χ4v) is 4.59. The van der Waals surface area contributed by atoms with Crippen LogP contribution in [0.5, 0.6) is 0 Å². The Morgan fingerprint density at radius 3 is 2.48 bits per heavy atom. The van der Waals surface area contributed by atoms with E-state index in [9.17, 15) is 13.2 Å². The van der Waals surface area contributed by atoms with Gasteiger partial charge in [-0.1, -0.05) is 13.8 Å². The standard InChI is InChI=1S/C14H28N2O4S/c1-4-16(5-2)10-9-15-14(13(17)20-6-3)8-7-11-21(18,19)12-14/h15H,4-12H2,1-3H3. The molecule has 0 bridgehead atoms. The summed E-state index contributed by atoms with van der Waals surface area (Å²) in [6.07, 6.45) is 1.02. The fraction of sp³-hybridized carbons (Fsp3) is 0.929. The van der Waals surface area contributed by atoms with E-state index in [1.165, 1.54) is 0 Å². The van der Waals surface area contributed by atoms with Crippen LogP contribution in [0.2, 0.25) is 0 Å². The minimum Gasteiger partial charge on any atom is -0.465 e. The molecule has 0 saturated carbocycles. The number of carbonyl (C=O) groups excluding carboxylic acids is 1. The molecule has 1 heterocycles. The van der Waals surface area contributed by atoms with E-state index < -0.39 is 21.3 Å². The second kappa shape index (κ2) is 8.10. The average molecular weight is 320 g/mol. The average Bonchev–Trinajstić information content (AvgIpc) is 2.43. The zero-order valence-corrected chi connectivity index (χ0v) is 14.2. The number of rotatable bonds is 8. The van der Waals surface area contributed by atoms with Gasteiger partial charge in [-0.05, 0) is 32.9 Å². The largest absolute Gasteiger partial charge is 0.465 e. The fourth-order valence-electron chi connectivity index (χ4n) is 2.75. The van der Waals surface area contributed by atoms with Crippen LogP contribution in [0.3, 0.4) is 0 Å². The first-order chi connectivity index (χ1) is 9.89. The lowest BCUT2D eigenvalue weighted by molar-refractivity contribution is -0.150. The van der Waals surface area contributed by atoms with Gasteiger partial charge >= 0.3 is 5.97 Å². The quantitative estimate of drug-likeness (QED) is 0.654. The molecule has 1 fully saturated rings. The lowest BCUT2D eigenvalue weighted by Crippen LogP contribution is -2.60. The number of sulfone groups is 1. The van der Waals surface area contributed by atoms with Crippen LogP contribution in [0.15, 0.2) is 0 Å². The predicted molar refractivity (Wildman–Crippen MR) is 83.0 cm³/mol. The Bertz CT molecular complexity index is 434. The van der Waals surface area contributed by atoms with Crippen molar-refractivity contribution in [3.63, 3.8) is 0 Å². The molecule has 0 aliphatic carbocycles. The van der Waals surface area contributed by atoms with Gasteiger partial charge in [0.15, 0.2) is 9.84 Å². The van der Waals surface area contributed by atoms with Crippen molar-refractivity contribution in [2.24, 2.45) is 0 Å². The van der Waals surface area contributed by atoms with Crippen LogP contribution in [-0.4, -0.2) is 69.1 Å². The highest BCUT2D eigenvalue weighted by Crippen LogP contribution is 2.24. The van der Waals surface area contributed by atoms with Crippen LogP contribution in [0.1, 0.15) is 33.6 Å². The van der Waals surface area contributed by atoms with E-state index >= 15 is 0 Å². The number of ether oxygens (including phenoxy) is 1. The summed E-state index contributed by atoms with van der Waals surface area (Å²) in [5.41, 5.74) is -1.07. The molecule has 21 heavy (non-hydrogen) atoms. The zero-order valence-electron chi connectivity index (χ0n) is 13.4. The lowest BCUT2D eigenvalue weighted by atomic mass is 9.95. The van der Waals surface area contributed by atoms with Gasteiger partial charge in [-0.2, -0.15) is 0 Å². The van der Waals surface area contributed by atoms with Gasteiger partial charge in [-0.15, -0.1) is 0 Å². The molecule has 124 valence electrons. The third-order valence-corrected chi connectivity index (χ3v) is 5.82. The Kier molecular flexibility index (Phi) is 7.09. The molecule has 7 heteroatoms. The van der Waals surface area contributed by atoms with Crippen molar-refractivity contribution in [1.29, 1.82) is 0 Å². The molecule has 0 aromatic heterocycles. The molecule has 0 radical (unpaired) electrons. The Morgan fingerprint density at radius 2 is 1.95 bits per heavy atom. The predicted octanol–water partition coefficient (Wildman–Crippen LogP) is 0.428. The van der Waals surface area contributed by atoms with Crippen molar-refractivity contribution in [2.45, 2.75) is 39.2 Å². The number of hydrogen-bond acceptors (Lipinski definition) is 6. The van der Waals surface area contributed by atoms with Crippen LogP contribution in [0.25, 0.3) is 0 Å². The van der Waals surface area contributed by atoms with Crippen molar-refractivity contribution in [2.75, 3.05) is 44.3 Å². The zero-order chi connectivity index (χ0) is 15.9. The van der Waals surface area contributed by atoms with Crippen LogP contribution in [0, 0.1) is 0 Å². The molecule has 1 rings (SSSR count). The van der Waals surface area contributed by atoms with E-state index in [-0.39, 0.29) is 18.1 Å². The monoisotopic (exact) mass is 320 g/mol. The minimum atomic E-state index is -3.19. The highest BCUT2D eigenvalue weighted by atomic mass is 32.2. The molecule has 1 aliphatic rings.